The lowest BCUT2D eigenvalue weighted by Crippen LogP contribution is -2.38. The van der Waals surface area contributed by atoms with Crippen LogP contribution in [0.1, 0.15) is 32.4 Å². The summed E-state index contributed by atoms with van der Waals surface area (Å²) in [7, 11) is 1.23. The van der Waals surface area contributed by atoms with E-state index in [-0.39, 0.29) is 0 Å². The van der Waals surface area contributed by atoms with Crippen LogP contribution in [-0.4, -0.2) is 29.8 Å². The average Bonchev–Trinajstić information content (AvgIpc) is 2.33. The van der Waals surface area contributed by atoms with Gasteiger partial charge >= 0.3 is 12.1 Å². The van der Waals surface area contributed by atoms with E-state index in [9.17, 15) is 9.59 Å². The minimum Gasteiger partial charge on any atom is -0.467 e. The first-order valence-corrected chi connectivity index (χ1v) is 6.28. The van der Waals surface area contributed by atoms with Gasteiger partial charge in [0.05, 0.1) is 12.1 Å². The molecular weight excluding hydrogens is 284 g/mol. The van der Waals surface area contributed by atoms with Crippen molar-refractivity contribution in [2.75, 3.05) is 7.11 Å². The summed E-state index contributed by atoms with van der Waals surface area (Å²) in [4.78, 5) is 27.4. The molecule has 0 aliphatic rings. The molecule has 1 atom stereocenters. The van der Waals surface area contributed by atoms with E-state index in [1.807, 2.05) is 0 Å². The predicted octanol–water partition coefficient (Wildman–Crippen LogP) is 2.47. The first-order chi connectivity index (χ1) is 9.23. The molecule has 1 rings (SSSR count). The van der Waals surface area contributed by atoms with Crippen LogP contribution >= 0.6 is 11.6 Å². The van der Waals surface area contributed by atoms with Crippen molar-refractivity contribution in [3.8, 4) is 0 Å². The minimum absolute atomic E-state index is 0.349. The maximum absolute atomic E-state index is 11.8. The van der Waals surface area contributed by atoms with Crippen molar-refractivity contribution in [2.24, 2.45) is 0 Å². The predicted molar refractivity (Wildman–Crippen MR) is 73.4 cm³/mol. The Morgan fingerprint density at radius 3 is 2.50 bits per heavy atom. The molecule has 1 N–H and O–H groups in total. The number of esters is 1. The molecule has 0 saturated heterocycles. The van der Waals surface area contributed by atoms with E-state index in [1.54, 1.807) is 20.8 Å². The van der Waals surface area contributed by atoms with Crippen LogP contribution in [0.4, 0.5) is 4.79 Å². The Bertz CT molecular complexity index is 499. The third-order valence-corrected chi connectivity index (χ3v) is 2.36. The lowest BCUT2D eigenvalue weighted by Gasteiger charge is -2.22. The Kier molecular flexibility index (Phi) is 5.33. The van der Waals surface area contributed by atoms with E-state index in [2.05, 4.69) is 15.0 Å². The molecule has 0 aliphatic carbocycles. The fraction of sp³-hybridized carbons (Fsp3) is 0.462. The van der Waals surface area contributed by atoms with E-state index in [0.29, 0.717) is 10.6 Å². The molecule has 0 aliphatic heterocycles. The van der Waals surface area contributed by atoms with Gasteiger partial charge in [-0.3, -0.25) is 4.98 Å². The van der Waals surface area contributed by atoms with Gasteiger partial charge in [-0.2, -0.15) is 0 Å². The minimum atomic E-state index is -1.03. The van der Waals surface area contributed by atoms with Crippen molar-refractivity contribution < 1.29 is 19.1 Å². The maximum Gasteiger partial charge on any atom is 0.408 e. The Morgan fingerprint density at radius 2 is 2.00 bits per heavy atom. The summed E-state index contributed by atoms with van der Waals surface area (Å²) in [6, 6.07) is 0.495. The maximum atomic E-state index is 11.8. The number of pyridine rings is 1. The fourth-order valence-corrected chi connectivity index (χ4v) is 1.59. The highest BCUT2D eigenvalue weighted by molar-refractivity contribution is 6.30. The van der Waals surface area contributed by atoms with Crippen LogP contribution in [0.25, 0.3) is 0 Å². The van der Waals surface area contributed by atoms with Crippen molar-refractivity contribution in [1.82, 2.24) is 10.3 Å². The number of carbonyl (C=O) groups excluding carboxylic acids is 2. The summed E-state index contributed by atoms with van der Waals surface area (Å²) in [6.45, 7) is 5.17. The molecule has 1 aromatic heterocycles. The van der Waals surface area contributed by atoms with Crippen LogP contribution in [0.3, 0.4) is 0 Å². The Hall–Kier alpha value is -1.82. The zero-order valence-electron chi connectivity index (χ0n) is 11.8. The average molecular weight is 301 g/mol. The fourth-order valence-electron chi connectivity index (χ4n) is 1.41. The number of hydrogen-bond acceptors (Lipinski definition) is 5. The highest BCUT2D eigenvalue weighted by Crippen LogP contribution is 2.18. The number of hydrogen-bond donors (Lipinski definition) is 1. The van der Waals surface area contributed by atoms with Crippen molar-refractivity contribution in [2.45, 2.75) is 32.4 Å². The Morgan fingerprint density at radius 1 is 1.35 bits per heavy atom. The van der Waals surface area contributed by atoms with Gasteiger partial charge < -0.3 is 14.8 Å². The molecule has 0 spiro atoms. The van der Waals surface area contributed by atoms with Gasteiger partial charge in [0.15, 0.2) is 6.04 Å². The molecule has 110 valence electrons. The van der Waals surface area contributed by atoms with Gasteiger partial charge in [-0.1, -0.05) is 11.6 Å². The Balaban J connectivity index is 2.91. The van der Waals surface area contributed by atoms with Crippen molar-refractivity contribution in [3.63, 3.8) is 0 Å². The molecule has 0 aromatic carbocycles. The third kappa shape index (κ3) is 5.05. The molecule has 6 nitrogen and oxygen atoms in total. The summed E-state index contributed by atoms with van der Waals surface area (Å²) in [6.07, 6.45) is 2.12. The number of aromatic nitrogens is 1. The molecule has 1 heterocycles. The summed E-state index contributed by atoms with van der Waals surface area (Å²) >= 11 is 5.82. The first kappa shape index (κ1) is 16.2. The number of amides is 1. The second-order valence-corrected chi connectivity index (χ2v) is 5.48. The number of nitrogens with zero attached hydrogens (tertiary/aromatic N) is 1. The van der Waals surface area contributed by atoms with Crippen molar-refractivity contribution in [1.29, 1.82) is 0 Å². The molecule has 7 heteroatoms. The lowest BCUT2D eigenvalue weighted by atomic mass is 10.1. The first-order valence-electron chi connectivity index (χ1n) is 5.90. The largest absolute Gasteiger partial charge is 0.467 e. The number of methoxy groups -OCH3 is 1. The third-order valence-electron chi connectivity index (χ3n) is 2.16. The highest BCUT2D eigenvalue weighted by atomic mass is 35.5. The van der Waals surface area contributed by atoms with E-state index in [0.717, 1.165) is 0 Å². The molecule has 0 saturated carbocycles. The monoisotopic (exact) mass is 300 g/mol. The smallest absolute Gasteiger partial charge is 0.408 e. The van der Waals surface area contributed by atoms with Gasteiger partial charge in [0.2, 0.25) is 0 Å². The van der Waals surface area contributed by atoms with Gasteiger partial charge in [0, 0.05) is 18.0 Å². The van der Waals surface area contributed by atoms with Gasteiger partial charge in [-0.15, -0.1) is 0 Å². The molecular formula is C13H17ClN2O4. The van der Waals surface area contributed by atoms with Crippen molar-refractivity contribution in [3.05, 3.63) is 29.0 Å². The topological polar surface area (TPSA) is 77.5 Å². The SMILES string of the molecule is COC(=O)C(NC(=O)OC(C)(C)C)c1cncc(Cl)c1. The zero-order chi connectivity index (χ0) is 15.3. The molecule has 20 heavy (non-hydrogen) atoms. The van der Waals surface area contributed by atoms with Crippen LogP contribution in [0, 0.1) is 0 Å². The quantitative estimate of drug-likeness (QED) is 0.868. The van der Waals surface area contributed by atoms with Crippen LogP contribution in [0.15, 0.2) is 18.5 Å². The van der Waals surface area contributed by atoms with E-state index < -0.39 is 23.7 Å². The van der Waals surface area contributed by atoms with Crippen LogP contribution in [0.5, 0.6) is 0 Å². The summed E-state index contributed by atoms with van der Waals surface area (Å²) in [5, 5.41) is 2.78. The van der Waals surface area contributed by atoms with Crippen molar-refractivity contribution >= 4 is 23.7 Å². The van der Waals surface area contributed by atoms with Crippen LogP contribution in [0.2, 0.25) is 5.02 Å². The van der Waals surface area contributed by atoms with E-state index in [4.69, 9.17) is 16.3 Å². The lowest BCUT2D eigenvalue weighted by molar-refractivity contribution is -0.143. The number of ether oxygens (including phenoxy) is 2. The molecule has 1 unspecified atom stereocenters. The standard InChI is InChI=1S/C13H17ClN2O4/c1-13(2,3)20-12(18)16-10(11(17)19-4)8-5-9(14)7-15-6-8/h5-7,10H,1-4H3,(H,16,18). The number of rotatable bonds is 3. The van der Waals surface area contributed by atoms with E-state index >= 15 is 0 Å². The zero-order valence-corrected chi connectivity index (χ0v) is 12.5. The van der Waals surface area contributed by atoms with Crippen LogP contribution in [-0.2, 0) is 14.3 Å². The normalized spacial score (nSPS) is 12.4. The number of carbonyl (C=O) groups is 2. The molecule has 0 fully saturated rings. The number of nitrogens with one attached hydrogen (secondary N) is 1. The molecule has 0 bridgehead atoms. The van der Waals surface area contributed by atoms with Gasteiger partial charge in [0.25, 0.3) is 0 Å². The van der Waals surface area contributed by atoms with Gasteiger partial charge in [-0.05, 0) is 26.8 Å². The molecule has 1 amide bonds. The van der Waals surface area contributed by atoms with Crippen LogP contribution < -0.4 is 5.32 Å². The Labute approximate surface area is 122 Å². The summed E-state index contributed by atoms with van der Waals surface area (Å²) in [5.74, 6) is -0.639. The summed E-state index contributed by atoms with van der Waals surface area (Å²) < 4.78 is 9.76. The van der Waals surface area contributed by atoms with Gasteiger partial charge in [0.1, 0.15) is 5.60 Å². The number of alkyl carbamates (subject to hydrolysis) is 1. The summed E-state index contributed by atoms with van der Waals surface area (Å²) in [5.41, 5.74) is -0.257. The second kappa shape index (κ2) is 6.56. The highest BCUT2D eigenvalue weighted by Gasteiger charge is 2.26. The molecule has 0 radical (unpaired) electrons. The second-order valence-electron chi connectivity index (χ2n) is 5.04. The molecule has 1 aromatic rings. The van der Waals surface area contributed by atoms with E-state index in [1.165, 1.54) is 25.6 Å². The number of halogens is 1. The van der Waals surface area contributed by atoms with Gasteiger partial charge in [-0.25, -0.2) is 9.59 Å².